The van der Waals surface area contributed by atoms with Gasteiger partial charge in [0.1, 0.15) is 19.0 Å². The predicted molar refractivity (Wildman–Crippen MR) is 82.8 cm³/mol. The van der Waals surface area contributed by atoms with Crippen LogP contribution in [0.25, 0.3) is 0 Å². The third kappa shape index (κ3) is 3.16. The number of hydrogen-bond donors (Lipinski definition) is 1. The highest BCUT2D eigenvalue weighted by molar-refractivity contribution is 6.33. The van der Waals surface area contributed by atoms with Gasteiger partial charge in [0, 0.05) is 18.7 Å². The predicted octanol–water partition coefficient (Wildman–Crippen LogP) is 3.73. The van der Waals surface area contributed by atoms with Crippen molar-refractivity contribution in [1.82, 2.24) is 0 Å². The lowest BCUT2D eigenvalue weighted by molar-refractivity contribution is 0.171. The van der Waals surface area contributed by atoms with Crippen LogP contribution >= 0.6 is 11.6 Å². The average molecular weight is 306 g/mol. The lowest BCUT2D eigenvalue weighted by atomic mass is 10.2. The largest absolute Gasteiger partial charge is 0.497 e. The maximum Gasteiger partial charge on any atom is 0.163 e. The quantitative estimate of drug-likeness (QED) is 0.934. The lowest BCUT2D eigenvalue weighted by Crippen LogP contribution is -2.15. The number of anilines is 1. The van der Waals surface area contributed by atoms with Gasteiger partial charge in [0.05, 0.1) is 17.8 Å². The van der Waals surface area contributed by atoms with Crippen molar-refractivity contribution >= 4 is 17.3 Å². The summed E-state index contributed by atoms with van der Waals surface area (Å²) in [6.07, 6.45) is 0. The Kier molecular flexibility index (Phi) is 4.06. The maximum atomic E-state index is 6.26. The molecule has 2 aromatic rings. The van der Waals surface area contributed by atoms with Crippen LogP contribution in [0.15, 0.2) is 36.4 Å². The molecule has 2 aromatic carbocycles. The minimum atomic E-state index is 0.555. The van der Waals surface area contributed by atoms with E-state index < -0.39 is 0 Å². The Hall–Kier alpha value is -2.07. The van der Waals surface area contributed by atoms with Crippen molar-refractivity contribution < 1.29 is 14.2 Å². The van der Waals surface area contributed by atoms with Gasteiger partial charge in [0.2, 0.25) is 0 Å². The second kappa shape index (κ2) is 6.14. The topological polar surface area (TPSA) is 39.7 Å². The minimum absolute atomic E-state index is 0.555. The van der Waals surface area contributed by atoms with E-state index in [0.717, 1.165) is 22.7 Å². The van der Waals surface area contributed by atoms with Crippen LogP contribution in [0.3, 0.4) is 0 Å². The summed E-state index contributed by atoms with van der Waals surface area (Å²) in [4.78, 5) is 0. The molecule has 0 radical (unpaired) electrons. The molecular formula is C16H16ClNO3. The third-order valence-electron chi connectivity index (χ3n) is 3.25. The van der Waals surface area contributed by atoms with E-state index in [4.69, 9.17) is 25.8 Å². The maximum absolute atomic E-state index is 6.26. The molecular weight excluding hydrogens is 290 g/mol. The molecule has 0 unspecified atom stereocenters. The standard InChI is InChI=1S/C16H16ClNO3/c1-19-12-4-2-3-11(7-12)10-18-14-9-16-15(8-13(14)17)20-5-6-21-16/h2-4,7-9,18H,5-6,10H2,1H3. The fraction of sp³-hybridized carbons (Fsp3) is 0.250. The van der Waals surface area contributed by atoms with Gasteiger partial charge in [-0.25, -0.2) is 0 Å². The SMILES string of the molecule is COc1cccc(CNc2cc3c(cc2Cl)OCCO3)c1. The van der Waals surface area contributed by atoms with E-state index >= 15 is 0 Å². The number of hydrogen-bond acceptors (Lipinski definition) is 4. The normalized spacial score (nSPS) is 12.9. The summed E-state index contributed by atoms with van der Waals surface area (Å²) in [6.45, 7) is 1.76. The summed E-state index contributed by atoms with van der Waals surface area (Å²) < 4.78 is 16.3. The van der Waals surface area contributed by atoms with Gasteiger partial charge in [-0.15, -0.1) is 0 Å². The Morgan fingerprint density at radius 2 is 1.90 bits per heavy atom. The summed E-state index contributed by atoms with van der Waals surface area (Å²) in [7, 11) is 1.66. The molecule has 0 aromatic heterocycles. The highest BCUT2D eigenvalue weighted by Gasteiger charge is 2.14. The highest BCUT2D eigenvalue weighted by atomic mass is 35.5. The van der Waals surface area contributed by atoms with Crippen molar-refractivity contribution in [3.63, 3.8) is 0 Å². The molecule has 3 rings (SSSR count). The third-order valence-corrected chi connectivity index (χ3v) is 3.56. The van der Waals surface area contributed by atoms with E-state index in [1.807, 2.05) is 30.3 Å². The number of rotatable bonds is 4. The molecule has 0 spiro atoms. The van der Waals surface area contributed by atoms with E-state index in [9.17, 15) is 0 Å². The second-order valence-corrected chi connectivity index (χ2v) is 5.09. The van der Waals surface area contributed by atoms with Crippen LogP contribution in [-0.4, -0.2) is 20.3 Å². The Balaban J connectivity index is 1.75. The molecule has 0 saturated heterocycles. The van der Waals surface area contributed by atoms with Gasteiger partial charge in [-0.1, -0.05) is 23.7 Å². The van der Waals surface area contributed by atoms with Gasteiger partial charge in [-0.2, -0.15) is 0 Å². The Labute approximate surface area is 128 Å². The Bertz CT molecular complexity index is 645. The summed E-state index contributed by atoms with van der Waals surface area (Å²) in [5.41, 5.74) is 1.93. The van der Waals surface area contributed by atoms with Crippen LogP contribution in [-0.2, 0) is 6.54 Å². The van der Waals surface area contributed by atoms with E-state index in [-0.39, 0.29) is 0 Å². The van der Waals surface area contributed by atoms with Crippen molar-refractivity contribution in [2.24, 2.45) is 0 Å². The van der Waals surface area contributed by atoms with Gasteiger partial charge in [0.15, 0.2) is 11.5 Å². The number of benzene rings is 2. The summed E-state index contributed by atoms with van der Waals surface area (Å²) in [5, 5.41) is 3.92. The van der Waals surface area contributed by atoms with Crippen molar-refractivity contribution in [3.8, 4) is 17.2 Å². The molecule has 1 aliphatic heterocycles. The van der Waals surface area contributed by atoms with Gasteiger partial charge in [0.25, 0.3) is 0 Å². The van der Waals surface area contributed by atoms with Crippen LogP contribution in [0.5, 0.6) is 17.2 Å². The molecule has 5 heteroatoms. The zero-order valence-electron chi connectivity index (χ0n) is 11.7. The Morgan fingerprint density at radius 1 is 1.14 bits per heavy atom. The van der Waals surface area contributed by atoms with E-state index in [2.05, 4.69) is 5.32 Å². The monoisotopic (exact) mass is 305 g/mol. The Morgan fingerprint density at radius 3 is 2.67 bits per heavy atom. The van der Waals surface area contributed by atoms with Crippen LogP contribution in [0, 0.1) is 0 Å². The molecule has 0 aliphatic carbocycles. The minimum Gasteiger partial charge on any atom is -0.497 e. The van der Waals surface area contributed by atoms with E-state index in [0.29, 0.717) is 30.5 Å². The van der Waals surface area contributed by atoms with Gasteiger partial charge in [-0.3, -0.25) is 0 Å². The first-order valence-electron chi connectivity index (χ1n) is 6.72. The second-order valence-electron chi connectivity index (χ2n) is 4.68. The first-order valence-corrected chi connectivity index (χ1v) is 7.10. The van der Waals surface area contributed by atoms with Crippen molar-refractivity contribution in [2.75, 3.05) is 25.6 Å². The first kappa shape index (κ1) is 13.9. The highest BCUT2D eigenvalue weighted by Crippen LogP contribution is 2.38. The van der Waals surface area contributed by atoms with Gasteiger partial charge in [-0.05, 0) is 17.7 Å². The summed E-state index contributed by atoms with van der Waals surface area (Å²) in [6, 6.07) is 11.5. The zero-order chi connectivity index (χ0) is 14.7. The van der Waals surface area contributed by atoms with Crippen molar-refractivity contribution in [1.29, 1.82) is 0 Å². The number of nitrogens with one attached hydrogen (secondary N) is 1. The van der Waals surface area contributed by atoms with E-state index in [1.54, 1.807) is 13.2 Å². The number of ether oxygens (including phenoxy) is 3. The number of halogens is 1. The fourth-order valence-electron chi connectivity index (χ4n) is 2.18. The summed E-state index contributed by atoms with van der Waals surface area (Å²) >= 11 is 6.26. The molecule has 110 valence electrons. The number of methoxy groups -OCH3 is 1. The molecule has 0 saturated carbocycles. The fourth-order valence-corrected chi connectivity index (χ4v) is 2.40. The number of fused-ring (bicyclic) bond motifs is 1. The summed E-state index contributed by atoms with van der Waals surface area (Å²) in [5.74, 6) is 2.25. The van der Waals surface area contributed by atoms with Crippen molar-refractivity contribution in [2.45, 2.75) is 6.54 Å². The molecule has 21 heavy (non-hydrogen) atoms. The average Bonchev–Trinajstić information content (AvgIpc) is 2.53. The molecule has 0 amide bonds. The molecule has 4 nitrogen and oxygen atoms in total. The molecule has 0 atom stereocenters. The zero-order valence-corrected chi connectivity index (χ0v) is 12.4. The van der Waals surface area contributed by atoms with Gasteiger partial charge >= 0.3 is 0 Å². The van der Waals surface area contributed by atoms with Gasteiger partial charge < -0.3 is 19.5 Å². The van der Waals surface area contributed by atoms with Crippen LogP contribution in [0.4, 0.5) is 5.69 Å². The van der Waals surface area contributed by atoms with E-state index in [1.165, 1.54) is 0 Å². The molecule has 1 N–H and O–H groups in total. The lowest BCUT2D eigenvalue weighted by Gasteiger charge is -2.20. The first-order chi connectivity index (χ1) is 10.3. The molecule has 1 heterocycles. The molecule has 0 fully saturated rings. The molecule has 1 aliphatic rings. The van der Waals surface area contributed by atoms with Crippen LogP contribution < -0.4 is 19.5 Å². The van der Waals surface area contributed by atoms with Crippen molar-refractivity contribution in [3.05, 3.63) is 47.0 Å². The smallest absolute Gasteiger partial charge is 0.163 e. The molecule has 0 bridgehead atoms. The van der Waals surface area contributed by atoms with Crippen LogP contribution in [0.2, 0.25) is 5.02 Å². The van der Waals surface area contributed by atoms with Crippen LogP contribution in [0.1, 0.15) is 5.56 Å².